The first-order valence-corrected chi connectivity index (χ1v) is 8.12. The molecule has 20 heavy (non-hydrogen) atoms. The summed E-state index contributed by atoms with van der Waals surface area (Å²) < 4.78 is 6.09. The van der Waals surface area contributed by atoms with Gasteiger partial charge >= 0.3 is 0 Å². The van der Waals surface area contributed by atoms with Crippen molar-refractivity contribution >= 4 is 34.3 Å². The minimum atomic E-state index is 0.618. The van der Waals surface area contributed by atoms with Gasteiger partial charge in [0.1, 0.15) is 0 Å². The molecule has 7 heteroatoms. The van der Waals surface area contributed by atoms with Gasteiger partial charge in [-0.25, -0.2) is 0 Å². The Kier molecular flexibility index (Phi) is 4.16. The molecular weight excluding hydrogens is 314 g/mol. The molecule has 0 bridgehead atoms. The summed E-state index contributed by atoms with van der Waals surface area (Å²) in [5, 5.41) is 8.00. The van der Waals surface area contributed by atoms with E-state index in [1.165, 1.54) is 4.88 Å². The van der Waals surface area contributed by atoms with E-state index in [0.29, 0.717) is 18.3 Å². The van der Waals surface area contributed by atoms with Gasteiger partial charge in [-0.1, -0.05) is 16.8 Å². The second kappa shape index (κ2) is 6.05. The van der Waals surface area contributed by atoms with E-state index in [9.17, 15) is 0 Å². The zero-order chi connectivity index (χ0) is 13.9. The van der Waals surface area contributed by atoms with Crippen LogP contribution in [0.1, 0.15) is 10.8 Å². The van der Waals surface area contributed by atoms with Crippen LogP contribution >= 0.6 is 34.3 Å². The highest BCUT2D eigenvalue weighted by Gasteiger charge is 2.11. The van der Waals surface area contributed by atoms with Crippen LogP contribution in [0, 0.1) is 0 Å². The smallest absolute Gasteiger partial charge is 0.241 e. The average molecular weight is 326 g/mol. The van der Waals surface area contributed by atoms with Crippen molar-refractivity contribution in [1.29, 1.82) is 0 Å². The number of halogens is 1. The van der Waals surface area contributed by atoms with Crippen LogP contribution in [0.5, 0.6) is 0 Å². The van der Waals surface area contributed by atoms with Gasteiger partial charge in [0.2, 0.25) is 11.7 Å². The lowest BCUT2D eigenvalue weighted by atomic mass is 10.3. The molecule has 3 rings (SSSR count). The summed E-state index contributed by atoms with van der Waals surface area (Å²) in [5.41, 5.74) is 0.998. The van der Waals surface area contributed by atoms with Gasteiger partial charge in [-0.3, -0.25) is 4.90 Å². The van der Waals surface area contributed by atoms with Crippen LogP contribution in [-0.2, 0) is 13.1 Å². The Morgan fingerprint density at radius 1 is 1.30 bits per heavy atom. The third-order valence-electron chi connectivity index (χ3n) is 2.71. The van der Waals surface area contributed by atoms with Crippen LogP contribution in [0.25, 0.3) is 11.4 Å². The molecule has 0 saturated heterocycles. The first-order chi connectivity index (χ1) is 9.70. The summed E-state index contributed by atoms with van der Waals surface area (Å²) in [7, 11) is 2.02. The lowest BCUT2D eigenvalue weighted by molar-refractivity contribution is 0.262. The maximum Gasteiger partial charge on any atom is 0.241 e. The fourth-order valence-electron chi connectivity index (χ4n) is 1.82. The molecule has 0 unspecified atom stereocenters. The molecule has 0 fully saturated rings. The number of nitrogens with zero attached hydrogens (tertiary/aromatic N) is 3. The molecule has 3 heterocycles. The fraction of sp³-hybridized carbons (Fsp3) is 0.231. The van der Waals surface area contributed by atoms with Gasteiger partial charge in [-0.15, -0.1) is 11.3 Å². The summed E-state index contributed by atoms with van der Waals surface area (Å²) >= 11 is 9.13. The van der Waals surface area contributed by atoms with E-state index in [-0.39, 0.29) is 0 Å². The molecule has 0 aliphatic carbocycles. The first kappa shape index (κ1) is 13.8. The SMILES string of the molecule is CN(Cc1nc(-c2ccsc2)no1)Cc1ccc(Cl)s1. The molecule has 0 aliphatic rings. The van der Waals surface area contributed by atoms with E-state index in [1.807, 2.05) is 36.0 Å². The highest BCUT2D eigenvalue weighted by molar-refractivity contribution is 7.16. The zero-order valence-electron chi connectivity index (χ0n) is 10.7. The molecule has 0 spiro atoms. The van der Waals surface area contributed by atoms with Crippen LogP contribution in [0.4, 0.5) is 0 Å². The van der Waals surface area contributed by atoms with E-state index in [1.54, 1.807) is 22.7 Å². The molecule has 0 radical (unpaired) electrons. The van der Waals surface area contributed by atoms with Crippen molar-refractivity contribution in [3.63, 3.8) is 0 Å². The van der Waals surface area contributed by atoms with Crippen molar-refractivity contribution in [3.8, 4) is 11.4 Å². The van der Waals surface area contributed by atoms with Gasteiger partial charge in [-0.05, 0) is 30.6 Å². The maximum absolute atomic E-state index is 5.92. The van der Waals surface area contributed by atoms with Crippen molar-refractivity contribution in [2.75, 3.05) is 7.05 Å². The van der Waals surface area contributed by atoms with Gasteiger partial charge in [0.15, 0.2) is 0 Å². The van der Waals surface area contributed by atoms with Gasteiger partial charge < -0.3 is 4.52 Å². The topological polar surface area (TPSA) is 42.2 Å². The molecule has 0 saturated carbocycles. The normalized spacial score (nSPS) is 11.3. The second-order valence-electron chi connectivity index (χ2n) is 4.40. The summed E-state index contributed by atoms with van der Waals surface area (Å²) in [6, 6.07) is 5.93. The van der Waals surface area contributed by atoms with Crippen LogP contribution in [0.15, 0.2) is 33.5 Å². The van der Waals surface area contributed by atoms with Gasteiger partial charge in [0.25, 0.3) is 0 Å². The molecule has 0 atom stereocenters. The number of aromatic nitrogens is 2. The van der Waals surface area contributed by atoms with Crippen LogP contribution in [0.2, 0.25) is 4.34 Å². The number of thiophene rings is 2. The van der Waals surface area contributed by atoms with E-state index in [4.69, 9.17) is 16.1 Å². The standard InChI is InChI=1S/C13H12ClN3OS2/c1-17(6-10-2-3-11(14)20-10)7-12-15-13(16-18-12)9-4-5-19-8-9/h2-5,8H,6-7H2,1H3. The van der Waals surface area contributed by atoms with E-state index < -0.39 is 0 Å². The first-order valence-electron chi connectivity index (χ1n) is 5.98. The molecule has 3 aromatic heterocycles. The van der Waals surface area contributed by atoms with E-state index in [0.717, 1.165) is 16.4 Å². The summed E-state index contributed by atoms with van der Waals surface area (Å²) in [6.45, 7) is 1.43. The maximum atomic E-state index is 5.92. The predicted molar refractivity (Wildman–Crippen MR) is 82.1 cm³/mol. The van der Waals surface area contributed by atoms with Gasteiger partial charge in [-0.2, -0.15) is 16.3 Å². The summed E-state index contributed by atoms with van der Waals surface area (Å²) in [5.74, 6) is 1.27. The average Bonchev–Trinajstić information content (AvgIpc) is 3.10. The van der Waals surface area contributed by atoms with Crippen LogP contribution < -0.4 is 0 Å². The quantitative estimate of drug-likeness (QED) is 0.707. The van der Waals surface area contributed by atoms with Crippen molar-refractivity contribution in [3.05, 3.63) is 44.1 Å². The Morgan fingerprint density at radius 2 is 2.20 bits per heavy atom. The Balaban J connectivity index is 1.63. The second-order valence-corrected chi connectivity index (χ2v) is 6.98. The lowest BCUT2D eigenvalue weighted by Gasteiger charge is -2.12. The molecule has 4 nitrogen and oxygen atoms in total. The highest BCUT2D eigenvalue weighted by Crippen LogP contribution is 2.23. The van der Waals surface area contributed by atoms with Crippen LogP contribution in [0.3, 0.4) is 0 Å². The molecular formula is C13H12ClN3OS2. The van der Waals surface area contributed by atoms with Crippen molar-refractivity contribution < 1.29 is 4.52 Å². The molecule has 0 aromatic carbocycles. The third kappa shape index (κ3) is 3.27. The third-order valence-corrected chi connectivity index (χ3v) is 4.61. The van der Waals surface area contributed by atoms with Gasteiger partial charge in [0.05, 0.1) is 10.9 Å². The van der Waals surface area contributed by atoms with Crippen LogP contribution in [-0.4, -0.2) is 22.1 Å². The molecule has 0 amide bonds. The molecule has 3 aromatic rings. The molecule has 0 aliphatic heterocycles. The number of hydrogen-bond acceptors (Lipinski definition) is 6. The lowest BCUT2D eigenvalue weighted by Crippen LogP contribution is -2.16. The molecule has 0 N–H and O–H groups in total. The predicted octanol–water partition coefficient (Wildman–Crippen LogP) is 4.15. The van der Waals surface area contributed by atoms with Crippen molar-refractivity contribution in [2.24, 2.45) is 0 Å². The number of hydrogen-bond donors (Lipinski definition) is 0. The minimum Gasteiger partial charge on any atom is -0.338 e. The number of rotatable bonds is 5. The Bertz CT molecular complexity index is 677. The van der Waals surface area contributed by atoms with E-state index >= 15 is 0 Å². The van der Waals surface area contributed by atoms with E-state index in [2.05, 4.69) is 15.0 Å². The van der Waals surface area contributed by atoms with Crippen molar-refractivity contribution in [2.45, 2.75) is 13.1 Å². The Morgan fingerprint density at radius 3 is 2.90 bits per heavy atom. The summed E-state index contributed by atoms with van der Waals surface area (Å²) in [4.78, 5) is 7.74. The molecule has 104 valence electrons. The monoisotopic (exact) mass is 325 g/mol. The van der Waals surface area contributed by atoms with Gasteiger partial charge in [0, 0.05) is 22.4 Å². The Hall–Kier alpha value is -1.21. The highest BCUT2D eigenvalue weighted by atomic mass is 35.5. The largest absolute Gasteiger partial charge is 0.338 e. The van der Waals surface area contributed by atoms with Crippen molar-refractivity contribution in [1.82, 2.24) is 15.0 Å². The summed E-state index contributed by atoms with van der Waals surface area (Å²) in [6.07, 6.45) is 0. The minimum absolute atomic E-state index is 0.618. The Labute approximate surface area is 129 Å². The zero-order valence-corrected chi connectivity index (χ0v) is 13.1. The fourth-order valence-corrected chi connectivity index (χ4v) is 3.62.